The van der Waals surface area contributed by atoms with Crippen molar-refractivity contribution in [1.82, 2.24) is 9.13 Å². The SMILES string of the molecule is CC1(C)c2ccccc2-c2cc3c4ccccc4n(-c4ccc(-c5ccc(-n6c7ccccc7c7ccccc76)cc5)cc4)c3cc21. The van der Waals surface area contributed by atoms with Crippen LogP contribution in [0.2, 0.25) is 0 Å². The first-order valence-corrected chi connectivity index (χ1v) is 16.4. The molecule has 1 aliphatic carbocycles. The van der Waals surface area contributed by atoms with Crippen molar-refractivity contribution in [3.8, 4) is 33.6 Å². The Morgan fingerprint density at radius 1 is 0.362 bits per heavy atom. The normalized spacial score (nSPS) is 13.5. The molecular weight excluding hydrogens is 569 g/mol. The highest BCUT2D eigenvalue weighted by atomic mass is 15.0. The summed E-state index contributed by atoms with van der Waals surface area (Å²) in [5.74, 6) is 0. The molecule has 0 amide bonds. The van der Waals surface area contributed by atoms with Crippen LogP contribution in [-0.2, 0) is 5.41 Å². The van der Waals surface area contributed by atoms with Gasteiger partial charge in [0.1, 0.15) is 0 Å². The molecule has 1 aliphatic rings. The van der Waals surface area contributed by atoms with Gasteiger partial charge >= 0.3 is 0 Å². The van der Waals surface area contributed by atoms with Crippen molar-refractivity contribution < 1.29 is 0 Å². The van der Waals surface area contributed by atoms with Gasteiger partial charge in [0.2, 0.25) is 0 Å². The molecule has 9 aromatic rings. The van der Waals surface area contributed by atoms with E-state index < -0.39 is 0 Å². The summed E-state index contributed by atoms with van der Waals surface area (Å²) in [6.45, 7) is 4.72. The van der Waals surface area contributed by atoms with Crippen LogP contribution in [-0.4, -0.2) is 9.13 Å². The van der Waals surface area contributed by atoms with Crippen LogP contribution >= 0.6 is 0 Å². The molecule has 0 spiro atoms. The summed E-state index contributed by atoms with van der Waals surface area (Å²) in [4.78, 5) is 0. The number of rotatable bonds is 3. The van der Waals surface area contributed by atoms with Crippen LogP contribution in [0.5, 0.6) is 0 Å². The highest BCUT2D eigenvalue weighted by Gasteiger charge is 2.36. The Morgan fingerprint density at radius 3 is 1.36 bits per heavy atom. The zero-order valence-electron chi connectivity index (χ0n) is 26.4. The van der Waals surface area contributed by atoms with Crippen molar-refractivity contribution in [2.45, 2.75) is 19.3 Å². The average molecular weight is 601 g/mol. The second-order valence-corrected chi connectivity index (χ2v) is 13.4. The maximum absolute atomic E-state index is 2.45. The van der Waals surface area contributed by atoms with Crippen molar-refractivity contribution in [1.29, 1.82) is 0 Å². The van der Waals surface area contributed by atoms with E-state index >= 15 is 0 Å². The molecule has 47 heavy (non-hydrogen) atoms. The van der Waals surface area contributed by atoms with Crippen LogP contribution in [0, 0.1) is 0 Å². The lowest BCUT2D eigenvalue weighted by Gasteiger charge is -2.21. The van der Waals surface area contributed by atoms with Gasteiger partial charge in [0.25, 0.3) is 0 Å². The third kappa shape index (κ3) is 3.67. The Morgan fingerprint density at radius 2 is 0.809 bits per heavy atom. The van der Waals surface area contributed by atoms with Gasteiger partial charge in [-0.15, -0.1) is 0 Å². The minimum atomic E-state index is -0.0450. The molecule has 0 aliphatic heterocycles. The molecule has 0 unspecified atom stereocenters. The first-order valence-electron chi connectivity index (χ1n) is 16.4. The number of aromatic nitrogens is 2. The molecule has 7 aromatic carbocycles. The molecule has 2 heterocycles. The van der Waals surface area contributed by atoms with Gasteiger partial charge in [0, 0.05) is 38.3 Å². The van der Waals surface area contributed by atoms with Crippen molar-refractivity contribution in [3.05, 3.63) is 169 Å². The summed E-state index contributed by atoms with van der Waals surface area (Å²) >= 11 is 0. The molecule has 2 aromatic heterocycles. The van der Waals surface area contributed by atoms with Gasteiger partial charge < -0.3 is 9.13 Å². The Labute approximate surface area is 273 Å². The molecule has 0 saturated carbocycles. The fourth-order valence-corrected chi connectivity index (χ4v) is 8.25. The van der Waals surface area contributed by atoms with Crippen molar-refractivity contribution in [3.63, 3.8) is 0 Å². The van der Waals surface area contributed by atoms with Gasteiger partial charge in [-0.3, -0.25) is 0 Å². The first-order chi connectivity index (χ1) is 23.1. The molecule has 0 N–H and O–H groups in total. The highest BCUT2D eigenvalue weighted by Crippen LogP contribution is 2.51. The van der Waals surface area contributed by atoms with Crippen molar-refractivity contribution in [2.75, 3.05) is 0 Å². The fourth-order valence-electron chi connectivity index (χ4n) is 8.25. The Hall–Kier alpha value is -5.86. The topological polar surface area (TPSA) is 9.86 Å². The van der Waals surface area contributed by atoms with Gasteiger partial charge in [-0.05, 0) is 88.0 Å². The van der Waals surface area contributed by atoms with E-state index in [0.29, 0.717) is 0 Å². The number of fused-ring (bicyclic) bond motifs is 9. The monoisotopic (exact) mass is 600 g/mol. The molecule has 2 nitrogen and oxygen atoms in total. The molecule has 10 rings (SSSR count). The summed E-state index contributed by atoms with van der Waals surface area (Å²) in [5.41, 5.74) is 15.2. The maximum atomic E-state index is 2.45. The quantitative estimate of drug-likeness (QED) is 0.191. The van der Waals surface area contributed by atoms with E-state index in [2.05, 4.69) is 181 Å². The predicted octanol–water partition coefficient (Wildman–Crippen LogP) is 11.9. The van der Waals surface area contributed by atoms with E-state index in [1.165, 1.54) is 88.4 Å². The molecular formula is C45H32N2. The Balaban J connectivity index is 1.07. The van der Waals surface area contributed by atoms with E-state index in [1.807, 2.05) is 0 Å². The van der Waals surface area contributed by atoms with Gasteiger partial charge in [-0.2, -0.15) is 0 Å². The van der Waals surface area contributed by atoms with Crippen molar-refractivity contribution >= 4 is 43.6 Å². The van der Waals surface area contributed by atoms with Gasteiger partial charge in [0.05, 0.1) is 22.1 Å². The van der Waals surface area contributed by atoms with Gasteiger partial charge in [-0.1, -0.05) is 117 Å². The second-order valence-electron chi connectivity index (χ2n) is 13.4. The zero-order chi connectivity index (χ0) is 31.3. The van der Waals surface area contributed by atoms with Crippen LogP contribution < -0.4 is 0 Å². The van der Waals surface area contributed by atoms with E-state index in [-0.39, 0.29) is 5.41 Å². The summed E-state index contributed by atoms with van der Waals surface area (Å²) < 4.78 is 4.81. The average Bonchev–Trinajstić information content (AvgIpc) is 3.71. The maximum Gasteiger partial charge on any atom is 0.0544 e. The molecule has 2 heteroatoms. The number of nitrogens with zero attached hydrogens (tertiary/aromatic N) is 2. The molecule has 0 fully saturated rings. The number of hydrogen-bond donors (Lipinski definition) is 0. The third-order valence-corrected chi connectivity index (χ3v) is 10.5. The van der Waals surface area contributed by atoms with Gasteiger partial charge in [-0.25, -0.2) is 0 Å². The Kier molecular flexibility index (Phi) is 5.37. The van der Waals surface area contributed by atoms with E-state index in [0.717, 1.165) is 0 Å². The number of para-hydroxylation sites is 3. The second kappa shape index (κ2) is 9.57. The largest absolute Gasteiger partial charge is 0.309 e. The van der Waals surface area contributed by atoms with Crippen LogP contribution in [0.15, 0.2) is 158 Å². The van der Waals surface area contributed by atoms with Crippen LogP contribution in [0.4, 0.5) is 0 Å². The van der Waals surface area contributed by atoms with Crippen molar-refractivity contribution in [2.24, 2.45) is 0 Å². The third-order valence-electron chi connectivity index (χ3n) is 10.5. The molecule has 0 atom stereocenters. The lowest BCUT2D eigenvalue weighted by molar-refractivity contribution is 0.661. The number of benzene rings is 7. The van der Waals surface area contributed by atoms with Gasteiger partial charge in [0.15, 0.2) is 0 Å². The van der Waals surface area contributed by atoms with Crippen LogP contribution in [0.3, 0.4) is 0 Å². The lowest BCUT2D eigenvalue weighted by Crippen LogP contribution is -2.14. The molecule has 0 bridgehead atoms. The van der Waals surface area contributed by atoms with E-state index in [1.54, 1.807) is 0 Å². The van der Waals surface area contributed by atoms with E-state index in [9.17, 15) is 0 Å². The summed E-state index contributed by atoms with van der Waals surface area (Å²) in [6.07, 6.45) is 0. The fraction of sp³-hybridized carbons (Fsp3) is 0.0667. The highest BCUT2D eigenvalue weighted by molar-refractivity contribution is 6.12. The molecule has 222 valence electrons. The lowest BCUT2D eigenvalue weighted by atomic mass is 9.82. The van der Waals surface area contributed by atoms with Crippen LogP contribution in [0.25, 0.3) is 77.2 Å². The van der Waals surface area contributed by atoms with E-state index in [4.69, 9.17) is 0 Å². The summed E-state index contributed by atoms with van der Waals surface area (Å²) in [7, 11) is 0. The molecule has 0 saturated heterocycles. The zero-order valence-corrected chi connectivity index (χ0v) is 26.4. The standard InChI is InChI=1S/C45H32N2/c1-45(2)39-15-7-3-11-33(39)37-27-38-36-14-6-10-18-43(36)47(44(38)28-40(37)45)32-25-21-30(22-26-32)29-19-23-31(24-20-29)46-41-16-8-4-12-34(41)35-13-5-9-17-42(35)46/h3-28H,1-2H3. The molecule has 0 radical (unpaired) electrons. The smallest absolute Gasteiger partial charge is 0.0544 e. The first kappa shape index (κ1) is 26.4. The number of hydrogen-bond acceptors (Lipinski definition) is 0. The Bertz CT molecular complexity index is 2630. The van der Waals surface area contributed by atoms with Crippen LogP contribution in [0.1, 0.15) is 25.0 Å². The predicted molar refractivity (Wildman–Crippen MR) is 198 cm³/mol. The summed E-state index contributed by atoms with van der Waals surface area (Å²) in [5, 5.41) is 5.16. The summed E-state index contributed by atoms with van der Waals surface area (Å²) in [6, 6.07) is 58.0. The minimum Gasteiger partial charge on any atom is -0.309 e. The minimum absolute atomic E-state index is 0.0450.